The highest BCUT2D eigenvalue weighted by Gasteiger charge is 1.93. The van der Waals surface area contributed by atoms with E-state index >= 15 is 0 Å². The number of rotatable bonds is 14. The second-order valence-electron chi connectivity index (χ2n) is 3.23. The lowest BCUT2D eigenvalue weighted by atomic mass is 10.9. The van der Waals surface area contributed by atoms with Gasteiger partial charge in [-0.05, 0) is 11.5 Å². The maximum Gasteiger partial charge on any atom is 0.00238 e. The predicted octanol–water partition coefficient (Wildman–Crippen LogP) is 4.69. The molecule has 0 aromatic heterocycles. The van der Waals surface area contributed by atoms with Crippen LogP contribution in [-0.2, 0) is 0 Å². The van der Waals surface area contributed by atoms with Gasteiger partial charge in [-0.15, -0.1) is 0 Å². The van der Waals surface area contributed by atoms with E-state index in [2.05, 4.69) is 72.7 Å². The SMILES string of the molecule is CCSCCSCCSCCSCCSCC. The molecule has 0 rings (SSSR count). The Morgan fingerprint density at radius 2 is 0.647 bits per heavy atom. The average Bonchev–Trinajstić information content (AvgIpc) is 2.35. The molecule has 0 spiro atoms. The molecule has 0 unspecified atom stereocenters. The number of thioether (sulfide) groups is 5. The van der Waals surface area contributed by atoms with Crippen molar-refractivity contribution in [1.29, 1.82) is 0 Å². The van der Waals surface area contributed by atoms with Gasteiger partial charge in [-0.25, -0.2) is 0 Å². The third-order valence-corrected chi connectivity index (χ3v) is 7.69. The van der Waals surface area contributed by atoms with Gasteiger partial charge in [0, 0.05) is 46.0 Å². The summed E-state index contributed by atoms with van der Waals surface area (Å²) in [5.41, 5.74) is 0. The number of hydrogen-bond acceptors (Lipinski definition) is 5. The molecule has 0 atom stereocenters. The third kappa shape index (κ3) is 17.8. The monoisotopic (exact) mass is 330 g/mol. The fraction of sp³-hybridized carbons (Fsp3) is 1.00. The highest BCUT2D eigenvalue weighted by atomic mass is 32.2. The highest BCUT2D eigenvalue weighted by molar-refractivity contribution is 8.05. The Hall–Kier alpha value is 1.75. The van der Waals surface area contributed by atoms with Gasteiger partial charge >= 0.3 is 0 Å². The summed E-state index contributed by atoms with van der Waals surface area (Å²) < 4.78 is 0. The minimum absolute atomic E-state index is 1.27. The van der Waals surface area contributed by atoms with Crippen molar-refractivity contribution in [1.82, 2.24) is 0 Å². The molecule has 17 heavy (non-hydrogen) atoms. The van der Waals surface area contributed by atoms with Crippen molar-refractivity contribution in [2.24, 2.45) is 0 Å². The molecule has 0 fully saturated rings. The van der Waals surface area contributed by atoms with Crippen molar-refractivity contribution in [3.05, 3.63) is 0 Å². The van der Waals surface area contributed by atoms with E-state index in [4.69, 9.17) is 0 Å². The van der Waals surface area contributed by atoms with Crippen LogP contribution in [0.2, 0.25) is 0 Å². The summed E-state index contributed by atoms with van der Waals surface area (Å²) in [6.07, 6.45) is 0. The molecule has 0 bridgehead atoms. The van der Waals surface area contributed by atoms with Crippen molar-refractivity contribution < 1.29 is 0 Å². The smallest absolute Gasteiger partial charge is 0.00238 e. The van der Waals surface area contributed by atoms with Gasteiger partial charge in [0.1, 0.15) is 0 Å². The molecular formula is C12H26S5. The van der Waals surface area contributed by atoms with Gasteiger partial charge in [0.25, 0.3) is 0 Å². The van der Waals surface area contributed by atoms with Crippen LogP contribution in [0.4, 0.5) is 0 Å². The zero-order valence-corrected chi connectivity index (χ0v) is 15.2. The Labute approximate surface area is 129 Å². The van der Waals surface area contributed by atoms with Crippen molar-refractivity contribution in [3.8, 4) is 0 Å². The van der Waals surface area contributed by atoms with Crippen LogP contribution < -0.4 is 0 Å². The molecule has 0 radical (unpaired) electrons. The van der Waals surface area contributed by atoms with Gasteiger partial charge in [0.2, 0.25) is 0 Å². The molecule has 0 aromatic rings. The van der Waals surface area contributed by atoms with E-state index in [9.17, 15) is 0 Å². The van der Waals surface area contributed by atoms with E-state index in [0.717, 1.165) is 0 Å². The van der Waals surface area contributed by atoms with Gasteiger partial charge in [0.15, 0.2) is 0 Å². The van der Waals surface area contributed by atoms with Gasteiger partial charge < -0.3 is 0 Å². The van der Waals surface area contributed by atoms with Crippen molar-refractivity contribution in [3.63, 3.8) is 0 Å². The van der Waals surface area contributed by atoms with E-state index in [1.165, 1.54) is 57.5 Å². The number of hydrogen-bond donors (Lipinski definition) is 0. The maximum absolute atomic E-state index is 2.24. The molecule has 0 aliphatic carbocycles. The molecule has 0 aliphatic rings. The van der Waals surface area contributed by atoms with Crippen LogP contribution in [0.25, 0.3) is 0 Å². The first-order valence-corrected chi connectivity index (χ1v) is 12.1. The first kappa shape index (κ1) is 18.8. The molecule has 0 aliphatic heterocycles. The lowest BCUT2D eigenvalue weighted by molar-refractivity contribution is 1.44. The Kier molecular flexibility index (Phi) is 19.6. The summed E-state index contributed by atoms with van der Waals surface area (Å²) in [5, 5.41) is 0. The summed E-state index contributed by atoms with van der Waals surface area (Å²) in [6, 6.07) is 0. The van der Waals surface area contributed by atoms with Crippen LogP contribution in [0, 0.1) is 0 Å². The molecule has 0 nitrogen and oxygen atoms in total. The summed E-state index contributed by atoms with van der Waals surface area (Å²) in [5.74, 6) is 13.2. The van der Waals surface area contributed by atoms with E-state index < -0.39 is 0 Å². The quantitative estimate of drug-likeness (QED) is 0.422. The van der Waals surface area contributed by atoms with Crippen LogP contribution in [0.15, 0.2) is 0 Å². The first-order chi connectivity index (χ1) is 8.41. The molecule has 0 aromatic carbocycles. The minimum Gasteiger partial charge on any atom is -0.161 e. The molecule has 0 amide bonds. The maximum atomic E-state index is 2.24. The molecule has 104 valence electrons. The van der Waals surface area contributed by atoms with Crippen LogP contribution >= 0.6 is 58.8 Å². The summed E-state index contributed by atoms with van der Waals surface area (Å²) in [7, 11) is 0. The standard InChI is InChI=1S/C12H26S5/c1-3-13-5-7-15-9-11-17-12-10-16-8-6-14-4-2/h3-12H2,1-2H3. The third-order valence-electron chi connectivity index (χ3n) is 1.90. The fourth-order valence-electron chi connectivity index (χ4n) is 1.07. The van der Waals surface area contributed by atoms with Gasteiger partial charge in [-0.3, -0.25) is 0 Å². The first-order valence-electron chi connectivity index (χ1n) is 6.30. The summed E-state index contributed by atoms with van der Waals surface area (Å²) in [4.78, 5) is 0. The van der Waals surface area contributed by atoms with Crippen molar-refractivity contribution in [2.45, 2.75) is 13.8 Å². The zero-order chi connectivity index (χ0) is 12.6. The van der Waals surface area contributed by atoms with E-state index in [-0.39, 0.29) is 0 Å². The van der Waals surface area contributed by atoms with Crippen molar-refractivity contribution in [2.75, 3.05) is 57.5 Å². The highest BCUT2D eigenvalue weighted by Crippen LogP contribution is 2.12. The van der Waals surface area contributed by atoms with E-state index in [1.807, 2.05) is 0 Å². The summed E-state index contributed by atoms with van der Waals surface area (Å²) in [6.45, 7) is 4.48. The van der Waals surface area contributed by atoms with Crippen molar-refractivity contribution >= 4 is 58.8 Å². The Balaban J connectivity index is 2.85. The largest absolute Gasteiger partial charge is 0.161 e. The molecule has 5 heteroatoms. The van der Waals surface area contributed by atoms with E-state index in [0.29, 0.717) is 0 Å². The van der Waals surface area contributed by atoms with Crippen LogP contribution in [0.5, 0.6) is 0 Å². The fourth-order valence-corrected chi connectivity index (χ4v) is 6.03. The normalized spacial score (nSPS) is 10.9. The molecule has 0 heterocycles. The second-order valence-corrected chi connectivity index (χ2v) is 9.69. The Bertz CT molecular complexity index is 118. The topological polar surface area (TPSA) is 0 Å². The molecule has 0 N–H and O–H groups in total. The minimum atomic E-state index is 1.27. The molecule has 0 saturated carbocycles. The summed E-state index contributed by atoms with van der Waals surface area (Å²) >= 11 is 10.5. The average molecular weight is 331 g/mol. The van der Waals surface area contributed by atoms with E-state index in [1.54, 1.807) is 0 Å². The Morgan fingerprint density at radius 1 is 0.412 bits per heavy atom. The molecule has 0 saturated heterocycles. The lowest BCUT2D eigenvalue weighted by Gasteiger charge is -2.02. The second kappa shape index (κ2) is 17.8. The van der Waals surface area contributed by atoms with Gasteiger partial charge in [-0.2, -0.15) is 58.8 Å². The predicted molar refractivity (Wildman–Crippen MR) is 98.0 cm³/mol. The van der Waals surface area contributed by atoms with Gasteiger partial charge in [-0.1, -0.05) is 13.8 Å². The molecular weight excluding hydrogens is 304 g/mol. The van der Waals surface area contributed by atoms with Crippen LogP contribution in [0.3, 0.4) is 0 Å². The Morgan fingerprint density at radius 3 is 0.882 bits per heavy atom. The zero-order valence-electron chi connectivity index (χ0n) is 11.1. The van der Waals surface area contributed by atoms with Crippen LogP contribution in [0.1, 0.15) is 13.8 Å². The van der Waals surface area contributed by atoms with Crippen LogP contribution in [-0.4, -0.2) is 57.5 Å². The van der Waals surface area contributed by atoms with Gasteiger partial charge in [0.05, 0.1) is 0 Å². The lowest BCUT2D eigenvalue weighted by Crippen LogP contribution is -1.94.